The number of phosphoric ester groups is 1. The quantitative estimate of drug-likeness (QED) is 0.0696. The summed E-state index contributed by atoms with van der Waals surface area (Å²) in [6.45, 7) is -2.95. The van der Waals surface area contributed by atoms with Gasteiger partial charge in [-0.15, -0.1) is 12.3 Å². The average Bonchev–Trinajstić information content (AvgIpc) is 2.96. The highest BCUT2D eigenvalue weighted by Gasteiger charge is 2.27. The minimum Gasteiger partial charge on any atom is -0.875 e. The molecule has 0 aromatic heterocycles. The highest BCUT2D eigenvalue weighted by atomic mass is 31.2. The Kier molecular flexibility index (Phi) is 16.9. The van der Waals surface area contributed by atoms with Crippen LogP contribution in [-0.4, -0.2) is 110 Å². The van der Waals surface area contributed by atoms with Crippen LogP contribution in [0.2, 0.25) is 0 Å². The molecule has 17 heteroatoms. The van der Waals surface area contributed by atoms with Crippen LogP contribution in [0.1, 0.15) is 11.1 Å². The standard InChI is InChI=1S/C31H42N3O13P/c1-23(35)16-32(18-28(36)37)12-13-34(21-31(42)43)26(17-33(19-29(38)39)20-30(40)41)22-46-48(44,45)47-27(14-24-8-4-2-5-9-24)15-25-10-6-3-7-11-25/h2-11,26-27,35H,1,12-22H2,(H,36,37)(H,38,39)(H,40,41)(H,42,43)(H,44,45)/p-6. The van der Waals surface area contributed by atoms with E-state index < -0.39 is 95.5 Å². The third kappa shape index (κ3) is 17.1. The van der Waals surface area contributed by atoms with Gasteiger partial charge in [0, 0.05) is 58.4 Å². The van der Waals surface area contributed by atoms with Gasteiger partial charge in [-0.05, 0) is 24.0 Å². The normalized spacial score (nSPS) is 13.4. The van der Waals surface area contributed by atoms with Crippen LogP contribution in [0.25, 0.3) is 0 Å². The van der Waals surface area contributed by atoms with Gasteiger partial charge in [0.2, 0.25) is 0 Å². The molecular formula is C31H36N3O13P-6. The number of carboxylic acids is 4. The van der Waals surface area contributed by atoms with E-state index in [9.17, 15) is 54.2 Å². The molecule has 16 nitrogen and oxygen atoms in total. The molecule has 2 aromatic carbocycles. The van der Waals surface area contributed by atoms with Crippen LogP contribution < -0.4 is 30.4 Å². The van der Waals surface area contributed by atoms with Gasteiger partial charge in [-0.25, -0.2) is 0 Å². The first kappa shape index (κ1) is 40.0. The number of phosphoric acid groups is 1. The molecule has 0 spiro atoms. The fraction of sp³-hybridized carbons (Fsp3) is 0.419. The van der Waals surface area contributed by atoms with Crippen molar-refractivity contribution >= 4 is 31.7 Å². The molecule has 2 atom stereocenters. The number of rotatable bonds is 25. The van der Waals surface area contributed by atoms with E-state index in [-0.39, 0.29) is 25.9 Å². The minimum absolute atomic E-state index is 0.163. The lowest BCUT2D eigenvalue weighted by Crippen LogP contribution is -2.55. The van der Waals surface area contributed by atoms with Crippen molar-refractivity contribution in [2.45, 2.75) is 25.0 Å². The van der Waals surface area contributed by atoms with E-state index in [0.29, 0.717) is 0 Å². The van der Waals surface area contributed by atoms with Crippen LogP contribution in [-0.2, 0) is 45.6 Å². The lowest BCUT2D eigenvalue weighted by atomic mass is 10.0. The van der Waals surface area contributed by atoms with Crippen molar-refractivity contribution in [1.82, 2.24) is 14.7 Å². The molecule has 0 bridgehead atoms. The molecular weight excluding hydrogens is 653 g/mol. The number of hydrogen-bond donors (Lipinski definition) is 0. The summed E-state index contributed by atoms with van der Waals surface area (Å²) < 4.78 is 23.9. The van der Waals surface area contributed by atoms with Crippen LogP contribution in [0, 0.1) is 0 Å². The second kappa shape index (κ2) is 20.3. The van der Waals surface area contributed by atoms with Gasteiger partial charge in [0.1, 0.15) is 0 Å². The summed E-state index contributed by atoms with van der Waals surface area (Å²) >= 11 is 0. The fourth-order valence-electron chi connectivity index (χ4n) is 4.89. The first-order valence-electron chi connectivity index (χ1n) is 14.7. The number of benzene rings is 2. The van der Waals surface area contributed by atoms with E-state index in [2.05, 4.69) is 6.58 Å². The maximum Gasteiger partial charge on any atom is 0.268 e. The van der Waals surface area contributed by atoms with Crippen molar-refractivity contribution in [1.29, 1.82) is 0 Å². The highest BCUT2D eigenvalue weighted by molar-refractivity contribution is 7.45. The number of aliphatic carboxylic acids is 4. The highest BCUT2D eigenvalue weighted by Crippen LogP contribution is 2.41. The summed E-state index contributed by atoms with van der Waals surface area (Å²) in [5.74, 6) is -7.28. The zero-order chi connectivity index (χ0) is 35.7. The van der Waals surface area contributed by atoms with Gasteiger partial charge in [0.05, 0.1) is 36.6 Å². The second-order valence-corrected chi connectivity index (χ2v) is 12.2. The molecule has 0 heterocycles. The Labute approximate surface area is 277 Å². The van der Waals surface area contributed by atoms with Crippen LogP contribution >= 0.6 is 7.82 Å². The summed E-state index contributed by atoms with van der Waals surface area (Å²) in [5.41, 5.74) is 1.53. The first-order chi connectivity index (χ1) is 22.6. The fourth-order valence-corrected chi connectivity index (χ4v) is 5.81. The molecule has 2 aromatic rings. The Morgan fingerprint density at radius 3 is 1.58 bits per heavy atom. The lowest BCUT2D eigenvalue weighted by molar-refractivity contribution is -0.313. The van der Waals surface area contributed by atoms with E-state index in [1.807, 2.05) is 0 Å². The summed E-state index contributed by atoms with van der Waals surface area (Å²) in [4.78, 5) is 61.7. The Hall–Kier alpha value is -4.15. The molecule has 0 N–H and O–H groups in total. The largest absolute Gasteiger partial charge is 0.875 e. The minimum atomic E-state index is -5.19. The van der Waals surface area contributed by atoms with Gasteiger partial charge < -0.3 is 58.7 Å². The van der Waals surface area contributed by atoms with Crippen LogP contribution in [0.5, 0.6) is 0 Å². The molecule has 0 aliphatic carbocycles. The number of carbonyl (C=O) groups excluding carboxylic acids is 4. The van der Waals surface area contributed by atoms with Gasteiger partial charge >= 0.3 is 0 Å². The van der Waals surface area contributed by atoms with E-state index in [1.165, 1.54) is 0 Å². The zero-order valence-electron chi connectivity index (χ0n) is 26.0. The summed E-state index contributed by atoms with van der Waals surface area (Å²) in [6, 6.07) is 16.4. The maximum absolute atomic E-state index is 13.2. The summed E-state index contributed by atoms with van der Waals surface area (Å²) in [6.07, 6.45) is -0.618. The molecule has 0 aliphatic rings. The van der Waals surface area contributed by atoms with Crippen molar-refractivity contribution in [2.75, 3.05) is 59.0 Å². The molecule has 0 aliphatic heterocycles. The van der Waals surface area contributed by atoms with Gasteiger partial charge in [0.15, 0.2) is 0 Å². The monoisotopic (exact) mass is 689 g/mol. The van der Waals surface area contributed by atoms with E-state index in [0.717, 1.165) is 25.8 Å². The van der Waals surface area contributed by atoms with Crippen LogP contribution in [0.15, 0.2) is 73.0 Å². The molecule has 0 radical (unpaired) electrons. The van der Waals surface area contributed by atoms with Crippen molar-refractivity contribution in [3.8, 4) is 0 Å². The molecule has 2 unspecified atom stereocenters. The molecule has 0 saturated heterocycles. The molecule has 0 amide bonds. The lowest BCUT2D eigenvalue weighted by Gasteiger charge is -2.38. The molecule has 48 heavy (non-hydrogen) atoms. The van der Waals surface area contributed by atoms with Crippen molar-refractivity contribution in [2.24, 2.45) is 0 Å². The van der Waals surface area contributed by atoms with Crippen molar-refractivity contribution in [3.05, 3.63) is 84.1 Å². The third-order valence-electron chi connectivity index (χ3n) is 6.79. The van der Waals surface area contributed by atoms with Gasteiger partial charge in [-0.1, -0.05) is 60.7 Å². The third-order valence-corrected chi connectivity index (χ3v) is 7.82. The van der Waals surface area contributed by atoms with E-state index in [4.69, 9.17) is 9.05 Å². The smallest absolute Gasteiger partial charge is 0.268 e. The van der Waals surface area contributed by atoms with E-state index >= 15 is 0 Å². The van der Waals surface area contributed by atoms with Crippen molar-refractivity contribution < 1.29 is 63.2 Å². The van der Waals surface area contributed by atoms with Crippen LogP contribution in [0.3, 0.4) is 0 Å². The SMILES string of the molecule is C=C([O-])CN(CCN(CC(=O)[O-])C(COP(=O)([O-])OC(Cc1ccccc1)Cc1ccccc1)CN(CC(=O)[O-])CC(=O)[O-])CC(=O)[O-]. The number of carboxylic acid groups (broad SMARTS) is 4. The topological polar surface area (TPSA) is 252 Å². The Balaban J connectivity index is 2.36. The first-order valence-corrected chi connectivity index (χ1v) is 16.1. The Morgan fingerprint density at radius 1 is 0.688 bits per heavy atom. The Morgan fingerprint density at radius 2 is 1.15 bits per heavy atom. The number of nitrogens with zero attached hydrogens (tertiary/aromatic N) is 3. The zero-order valence-corrected chi connectivity index (χ0v) is 26.9. The molecule has 264 valence electrons. The number of hydrogen-bond acceptors (Lipinski definition) is 16. The maximum atomic E-state index is 13.2. The predicted molar refractivity (Wildman–Crippen MR) is 156 cm³/mol. The Bertz CT molecular complexity index is 1320. The second-order valence-electron chi connectivity index (χ2n) is 10.9. The van der Waals surface area contributed by atoms with Crippen LogP contribution in [0.4, 0.5) is 0 Å². The molecule has 0 saturated carbocycles. The molecule has 2 rings (SSSR count). The molecule has 0 fully saturated rings. The predicted octanol–water partition coefficient (Wildman–Crippen LogP) is -5.51. The summed E-state index contributed by atoms with van der Waals surface area (Å²) in [7, 11) is -5.19. The van der Waals surface area contributed by atoms with E-state index in [1.54, 1.807) is 60.7 Å². The summed E-state index contributed by atoms with van der Waals surface area (Å²) in [5, 5.41) is 57.2. The number of carbonyl (C=O) groups is 4. The van der Waals surface area contributed by atoms with Gasteiger partial charge in [-0.2, -0.15) is 0 Å². The van der Waals surface area contributed by atoms with Gasteiger partial charge in [0.25, 0.3) is 7.82 Å². The average molecular weight is 690 g/mol. The van der Waals surface area contributed by atoms with Crippen molar-refractivity contribution in [3.63, 3.8) is 0 Å². The van der Waals surface area contributed by atoms with Gasteiger partial charge in [-0.3, -0.25) is 19.3 Å².